The fraction of sp³-hybridized carbons (Fsp3) is 0. The van der Waals surface area contributed by atoms with E-state index in [2.05, 4.69) is 15.4 Å². The van der Waals surface area contributed by atoms with Gasteiger partial charge in [-0.3, -0.25) is 0 Å². The molecule has 0 aliphatic rings. The first-order chi connectivity index (χ1) is 19.8. The van der Waals surface area contributed by atoms with E-state index in [-0.39, 0.29) is 33.6 Å². The summed E-state index contributed by atoms with van der Waals surface area (Å²) in [5, 5.41) is 68.6. The first-order valence-corrected chi connectivity index (χ1v) is 11.4. The standard InChI is InChI=1S/C27H15N3O12/c31-22(32)13-4-1-10(7-16(13)25(37)38)19-20(11-2-5-14(23(33)34)17(8-11)26(39)40)28-30-29-21(19)12-3-6-15(24(35)36)18(9-12)27(41)42/h1-9H,(H,31,32)(H,33,34)(H,35,36)(H,37,38)(H,39,40)(H,41,42). The third-order valence-electron chi connectivity index (χ3n) is 6.04. The second-order valence-electron chi connectivity index (χ2n) is 8.47. The molecule has 0 aliphatic heterocycles. The summed E-state index contributed by atoms with van der Waals surface area (Å²) in [5.74, 6) is -9.40. The number of carbonyl (C=O) groups is 6. The Balaban J connectivity index is 2.12. The smallest absolute Gasteiger partial charge is 0.336 e. The summed E-state index contributed by atoms with van der Waals surface area (Å²) in [7, 11) is 0. The van der Waals surface area contributed by atoms with Crippen LogP contribution in [0.25, 0.3) is 33.6 Å². The van der Waals surface area contributed by atoms with Gasteiger partial charge in [-0.05, 0) is 47.2 Å². The van der Waals surface area contributed by atoms with Crippen molar-refractivity contribution < 1.29 is 59.4 Å². The van der Waals surface area contributed by atoms with E-state index >= 15 is 0 Å². The fourth-order valence-corrected chi connectivity index (χ4v) is 4.17. The predicted molar refractivity (Wildman–Crippen MR) is 138 cm³/mol. The molecule has 4 rings (SSSR count). The molecule has 1 heterocycles. The fourth-order valence-electron chi connectivity index (χ4n) is 4.17. The third-order valence-corrected chi connectivity index (χ3v) is 6.04. The Labute approximate surface area is 232 Å². The Morgan fingerprint density at radius 3 is 1.00 bits per heavy atom. The number of nitrogens with zero attached hydrogens (tertiary/aromatic N) is 3. The van der Waals surface area contributed by atoms with Crippen LogP contribution in [0.2, 0.25) is 0 Å². The summed E-state index contributed by atoms with van der Waals surface area (Å²) in [5.41, 5.74) is -4.06. The van der Waals surface area contributed by atoms with Crippen LogP contribution in [0.4, 0.5) is 0 Å². The second kappa shape index (κ2) is 10.9. The molecule has 0 fully saturated rings. The molecule has 0 atom stereocenters. The average Bonchev–Trinajstić information content (AvgIpc) is 2.95. The Hall–Kier alpha value is -6.51. The molecule has 0 amide bonds. The molecule has 3 aromatic carbocycles. The number of aromatic nitrogens is 3. The predicted octanol–water partition coefficient (Wildman–Crippen LogP) is 3.06. The van der Waals surface area contributed by atoms with Crippen molar-refractivity contribution in [2.24, 2.45) is 0 Å². The van der Waals surface area contributed by atoms with Crippen molar-refractivity contribution >= 4 is 35.8 Å². The van der Waals surface area contributed by atoms with E-state index < -0.39 is 69.2 Å². The average molecular weight is 573 g/mol. The van der Waals surface area contributed by atoms with Crippen molar-refractivity contribution in [3.05, 3.63) is 88.0 Å². The quantitative estimate of drug-likeness (QED) is 0.168. The second-order valence-corrected chi connectivity index (χ2v) is 8.47. The van der Waals surface area contributed by atoms with Gasteiger partial charge in [0.1, 0.15) is 11.4 Å². The molecule has 42 heavy (non-hydrogen) atoms. The van der Waals surface area contributed by atoms with Crippen molar-refractivity contribution in [3.63, 3.8) is 0 Å². The zero-order valence-electron chi connectivity index (χ0n) is 20.7. The molecule has 210 valence electrons. The minimum Gasteiger partial charge on any atom is -0.478 e. The Morgan fingerprint density at radius 1 is 0.405 bits per heavy atom. The molecule has 6 N–H and O–H groups in total. The molecule has 0 bridgehead atoms. The Morgan fingerprint density at radius 2 is 0.690 bits per heavy atom. The van der Waals surface area contributed by atoms with Crippen LogP contribution < -0.4 is 0 Å². The first kappa shape index (κ1) is 28.5. The Kier molecular flexibility index (Phi) is 7.42. The van der Waals surface area contributed by atoms with Gasteiger partial charge >= 0.3 is 35.8 Å². The van der Waals surface area contributed by atoms with Crippen molar-refractivity contribution in [2.75, 3.05) is 0 Å². The number of hydrogen-bond acceptors (Lipinski definition) is 9. The van der Waals surface area contributed by atoms with Crippen LogP contribution in [-0.4, -0.2) is 81.9 Å². The molecule has 0 radical (unpaired) electrons. The lowest BCUT2D eigenvalue weighted by atomic mass is 9.90. The van der Waals surface area contributed by atoms with E-state index in [0.29, 0.717) is 0 Å². The van der Waals surface area contributed by atoms with Gasteiger partial charge in [-0.1, -0.05) is 18.2 Å². The maximum absolute atomic E-state index is 11.9. The largest absolute Gasteiger partial charge is 0.478 e. The number of aromatic carboxylic acids is 6. The van der Waals surface area contributed by atoms with E-state index in [4.69, 9.17) is 0 Å². The number of hydrogen-bond donors (Lipinski definition) is 6. The van der Waals surface area contributed by atoms with E-state index in [1.165, 1.54) is 18.2 Å². The van der Waals surface area contributed by atoms with Crippen LogP contribution >= 0.6 is 0 Å². The first-order valence-electron chi connectivity index (χ1n) is 11.4. The molecule has 1 aromatic heterocycles. The topological polar surface area (TPSA) is 262 Å². The summed E-state index contributed by atoms with van der Waals surface area (Å²) in [6, 6.07) is 9.51. The van der Waals surface area contributed by atoms with Crippen molar-refractivity contribution in [1.82, 2.24) is 15.4 Å². The summed E-state index contributed by atoms with van der Waals surface area (Å²) < 4.78 is 0. The van der Waals surface area contributed by atoms with Gasteiger partial charge in [0.15, 0.2) is 0 Å². The lowest BCUT2D eigenvalue weighted by molar-refractivity contribution is 0.0651. The van der Waals surface area contributed by atoms with Crippen molar-refractivity contribution in [1.29, 1.82) is 0 Å². The van der Waals surface area contributed by atoms with E-state index in [0.717, 1.165) is 36.4 Å². The summed E-state index contributed by atoms with van der Waals surface area (Å²) in [4.78, 5) is 70.3. The molecular weight excluding hydrogens is 558 g/mol. The number of carboxylic acids is 6. The molecule has 0 aliphatic carbocycles. The zero-order chi connectivity index (χ0) is 30.9. The third kappa shape index (κ3) is 5.20. The highest BCUT2D eigenvalue weighted by atomic mass is 16.4. The maximum atomic E-state index is 11.9. The molecule has 15 nitrogen and oxygen atoms in total. The SMILES string of the molecule is O=C(O)c1ccc(-c2nnnc(-c3ccc(C(=O)O)c(C(=O)O)c3)c2-c2ccc(C(=O)O)c(C(=O)O)c2)cc1C(=O)O. The highest BCUT2D eigenvalue weighted by Gasteiger charge is 2.26. The van der Waals surface area contributed by atoms with Crippen molar-refractivity contribution in [2.45, 2.75) is 0 Å². The van der Waals surface area contributed by atoms with Crippen LogP contribution in [0.3, 0.4) is 0 Å². The molecule has 4 aromatic rings. The monoisotopic (exact) mass is 573 g/mol. The molecule has 0 saturated carbocycles. The normalized spacial score (nSPS) is 10.6. The molecular formula is C27H15N3O12. The van der Waals surface area contributed by atoms with Gasteiger partial charge in [-0.2, -0.15) is 0 Å². The van der Waals surface area contributed by atoms with Crippen LogP contribution in [0, 0.1) is 0 Å². The molecule has 0 spiro atoms. The lowest BCUT2D eigenvalue weighted by Crippen LogP contribution is -2.10. The van der Waals surface area contributed by atoms with Gasteiger partial charge in [-0.15, -0.1) is 10.2 Å². The van der Waals surface area contributed by atoms with Crippen molar-refractivity contribution in [3.8, 4) is 33.6 Å². The van der Waals surface area contributed by atoms with Gasteiger partial charge in [0.2, 0.25) is 0 Å². The van der Waals surface area contributed by atoms with Crippen LogP contribution in [-0.2, 0) is 0 Å². The molecule has 15 heteroatoms. The van der Waals surface area contributed by atoms with Gasteiger partial charge in [0.25, 0.3) is 0 Å². The number of benzene rings is 3. The minimum atomic E-state index is -1.61. The van der Waals surface area contributed by atoms with Gasteiger partial charge in [0, 0.05) is 16.7 Å². The van der Waals surface area contributed by atoms with E-state index in [9.17, 15) is 59.4 Å². The molecule has 0 saturated heterocycles. The lowest BCUT2D eigenvalue weighted by Gasteiger charge is -2.15. The summed E-state index contributed by atoms with van der Waals surface area (Å²) >= 11 is 0. The maximum Gasteiger partial charge on any atom is 0.336 e. The van der Waals surface area contributed by atoms with Crippen LogP contribution in [0.15, 0.2) is 54.6 Å². The Bertz CT molecular complexity index is 1770. The van der Waals surface area contributed by atoms with Crippen LogP contribution in [0.1, 0.15) is 62.1 Å². The summed E-state index contributed by atoms with van der Waals surface area (Å²) in [6.07, 6.45) is 0. The highest BCUT2D eigenvalue weighted by Crippen LogP contribution is 2.39. The van der Waals surface area contributed by atoms with Gasteiger partial charge in [0.05, 0.1) is 33.4 Å². The number of carboxylic acid groups (broad SMARTS) is 6. The molecule has 0 unspecified atom stereocenters. The highest BCUT2D eigenvalue weighted by molar-refractivity contribution is 6.06. The minimum absolute atomic E-state index is 0.0247. The zero-order valence-corrected chi connectivity index (χ0v) is 20.7. The van der Waals surface area contributed by atoms with Crippen LogP contribution in [0.5, 0.6) is 0 Å². The van der Waals surface area contributed by atoms with E-state index in [1.807, 2.05) is 0 Å². The van der Waals surface area contributed by atoms with Gasteiger partial charge < -0.3 is 30.6 Å². The summed E-state index contributed by atoms with van der Waals surface area (Å²) in [6.45, 7) is 0. The van der Waals surface area contributed by atoms with Gasteiger partial charge in [-0.25, -0.2) is 28.8 Å². The number of rotatable bonds is 9. The van der Waals surface area contributed by atoms with E-state index in [1.54, 1.807) is 0 Å².